The van der Waals surface area contributed by atoms with Gasteiger partial charge in [-0.15, -0.1) is 0 Å². The van der Waals surface area contributed by atoms with E-state index in [1.54, 1.807) is 6.07 Å². The van der Waals surface area contributed by atoms with Gasteiger partial charge in [-0.3, -0.25) is 0 Å². The van der Waals surface area contributed by atoms with Crippen LogP contribution in [-0.2, 0) is 10.0 Å². The van der Waals surface area contributed by atoms with Gasteiger partial charge in [-0.1, -0.05) is 49.5 Å². The van der Waals surface area contributed by atoms with Crippen LogP contribution in [0.3, 0.4) is 0 Å². The van der Waals surface area contributed by atoms with Gasteiger partial charge in [0.05, 0.1) is 9.92 Å². The minimum absolute atomic E-state index is 0.00605. The molecule has 4 nitrogen and oxygen atoms in total. The van der Waals surface area contributed by atoms with E-state index in [1.807, 2.05) is 0 Å². The number of sulfonamides is 1. The zero-order chi connectivity index (χ0) is 15.5. The monoisotopic (exact) mass is 346 g/mol. The quantitative estimate of drug-likeness (QED) is 0.649. The molecule has 0 heterocycles. The van der Waals surface area contributed by atoms with Gasteiger partial charge in [0.25, 0.3) is 0 Å². The summed E-state index contributed by atoms with van der Waals surface area (Å²) in [5.41, 5.74) is 6.01. The maximum absolute atomic E-state index is 12.4. The number of halogens is 1. The number of nitrogens with one attached hydrogen (secondary N) is 1. The van der Waals surface area contributed by atoms with Crippen LogP contribution in [-0.4, -0.2) is 19.4 Å². The number of hydrogen-bond acceptors (Lipinski definition) is 3. The van der Waals surface area contributed by atoms with E-state index in [9.17, 15) is 8.42 Å². The van der Waals surface area contributed by atoms with Crippen molar-refractivity contribution in [1.29, 1.82) is 0 Å². The summed E-state index contributed by atoms with van der Waals surface area (Å²) >= 11 is 10.9. The van der Waals surface area contributed by atoms with Crippen molar-refractivity contribution in [1.82, 2.24) is 4.72 Å². The molecule has 0 amide bonds. The van der Waals surface area contributed by atoms with Gasteiger partial charge >= 0.3 is 0 Å². The van der Waals surface area contributed by atoms with Crippen LogP contribution in [0.15, 0.2) is 23.1 Å². The molecule has 1 aliphatic rings. The van der Waals surface area contributed by atoms with E-state index >= 15 is 0 Å². The first-order valence-corrected chi connectivity index (χ1v) is 9.29. The highest BCUT2D eigenvalue weighted by molar-refractivity contribution is 7.89. The minimum Gasteiger partial charge on any atom is -0.389 e. The molecule has 0 unspecified atom stereocenters. The van der Waals surface area contributed by atoms with Gasteiger partial charge in [0.1, 0.15) is 4.99 Å². The number of hydrogen-bond donors (Lipinski definition) is 2. The molecule has 1 aliphatic carbocycles. The molecule has 0 radical (unpaired) electrons. The van der Waals surface area contributed by atoms with Crippen molar-refractivity contribution in [2.75, 3.05) is 0 Å². The third kappa shape index (κ3) is 4.39. The molecule has 1 saturated carbocycles. The summed E-state index contributed by atoms with van der Waals surface area (Å²) < 4.78 is 27.6. The highest BCUT2D eigenvalue weighted by Crippen LogP contribution is 2.23. The maximum Gasteiger partial charge on any atom is 0.240 e. The van der Waals surface area contributed by atoms with Crippen molar-refractivity contribution < 1.29 is 8.42 Å². The molecule has 2 rings (SSSR count). The highest BCUT2D eigenvalue weighted by atomic mass is 35.5. The third-order valence-corrected chi connectivity index (χ3v) is 5.74. The standard InChI is InChI=1S/C14H19ClN2O2S2/c15-13-9-11(7-8-12(13)14(16)20)21(18,19)17-10-5-3-1-2-4-6-10/h7-10,17H,1-6H2,(H2,16,20). The summed E-state index contributed by atoms with van der Waals surface area (Å²) in [5.74, 6) is 0. The second-order valence-electron chi connectivity index (χ2n) is 5.32. The lowest BCUT2D eigenvalue weighted by atomic mass is 10.1. The average Bonchev–Trinajstić information content (AvgIpc) is 2.66. The Morgan fingerprint density at radius 1 is 1.24 bits per heavy atom. The summed E-state index contributed by atoms with van der Waals surface area (Å²) in [6, 6.07) is 4.44. The van der Waals surface area contributed by atoms with Crippen LogP contribution in [0.4, 0.5) is 0 Å². The Hall–Kier alpha value is -0.690. The largest absolute Gasteiger partial charge is 0.389 e. The fourth-order valence-electron chi connectivity index (χ4n) is 2.55. The molecule has 116 valence electrons. The highest BCUT2D eigenvalue weighted by Gasteiger charge is 2.22. The Morgan fingerprint density at radius 2 is 1.86 bits per heavy atom. The van der Waals surface area contributed by atoms with Crippen molar-refractivity contribution in [2.24, 2.45) is 5.73 Å². The van der Waals surface area contributed by atoms with Crippen molar-refractivity contribution in [3.05, 3.63) is 28.8 Å². The van der Waals surface area contributed by atoms with Crippen LogP contribution in [0.1, 0.15) is 44.1 Å². The second-order valence-corrected chi connectivity index (χ2v) is 7.88. The van der Waals surface area contributed by atoms with Crippen LogP contribution in [0.25, 0.3) is 0 Å². The van der Waals surface area contributed by atoms with Gasteiger partial charge in [-0.05, 0) is 31.0 Å². The van der Waals surface area contributed by atoms with Crippen LogP contribution in [0.2, 0.25) is 5.02 Å². The first-order chi connectivity index (χ1) is 9.90. The van der Waals surface area contributed by atoms with Gasteiger partial charge in [-0.25, -0.2) is 13.1 Å². The fourth-order valence-corrected chi connectivity index (χ4v) is 4.46. The summed E-state index contributed by atoms with van der Waals surface area (Å²) in [5, 5.41) is 0.256. The van der Waals surface area contributed by atoms with E-state index in [-0.39, 0.29) is 20.9 Å². The maximum atomic E-state index is 12.4. The fraction of sp³-hybridized carbons (Fsp3) is 0.500. The first-order valence-electron chi connectivity index (χ1n) is 7.02. The molecule has 0 aromatic heterocycles. The van der Waals surface area contributed by atoms with E-state index in [1.165, 1.54) is 25.0 Å². The lowest BCUT2D eigenvalue weighted by Gasteiger charge is -2.16. The van der Waals surface area contributed by atoms with E-state index in [2.05, 4.69) is 4.72 Å². The molecule has 3 N–H and O–H groups in total. The first kappa shape index (κ1) is 16.7. The molecular weight excluding hydrogens is 328 g/mol. The Morgan fingerprint density at radius 3 is 2.38 bits per heavy atom. The van der Waals surface area contributed by atoms with Crippen LogP contribution in [0.5, 0.6) is 0 Å². The molecule has 1 aromatic carbocycles. The molecule has 0 spiro atoms. The summed E-state index contributed by atoms with van der Waals surface area (Å²) in [6.45, 7) is 0. The zero-order valence-electron chi connectivity index (χ0n) is 11.6. The molecule has 0 aliphatic heterocycles. The van der Waals surface area contributed by atoms with Gasteiger partial charge in [0.2, 0.25) is 10.0 Å². The number of nitrogens with two attached hydrogens (primary N) is 1. The predicted molar refractivity (Wildman–Crippen MR) is 89.2 cm³/mol. The smallest absolute Gasteiger partial charge is 0.240 e. The van der Waals surface area contributed by atoms with E-state index in [0.717, 1.165) is 25.7 Å². The molecule has 0 atom stereocenters. The van der Waals surface area contributed by atoms with Crippen LogP contribution in [0, 0.1) is 0 Å². The molecule has 1 fully saturated rings. The Balaban J connectivity index is 2.19. The summed E-state index contributed by atoms with van der Waals surface area (Å²) in [7, 11) is -3.56. The van der Waals surface area contributed by atoms with E-state index < -0.39 is 10.0 Å². The summed E-state index contributed by atoms with van der Waals surface area (Å²) in [4.78, 5) is 0.303. The second kappa shape index (κ2) is 7.05. The SMILES string of the molecule is NC(=S)c1ccc(S(=O)(=O)NC2CCCCCC2)cc1Cl. The lowest BCUT2D eigenvalue weighted by molar-refractivity contribution is 0.510. The Kier molecular flexibility index (Phi) is 5.60. The topological polar surface area (TPSA) is 72.2 Å². The number of benzene rings is 1. The third-order valence-electron chi connectivity index (χ3n) is 3.69. The zero-order valence-corrected chi connectivity index (χ0v) is 14.0. The van der Waals surface area contributed by atoms with Gasteiger partial charge in [0, 0.05) is 11.6 Å². The van der Waals surface area contributed by atoms with Crippen molar-refractivity contribution in [2.45, 2.75) is 49.5 Å². The molecule has 1 aromatic rings. The molecule has 0 saturated heterocycles. The molecular formula is C14H19ClN2O2S2. The predicted octanol–water partition coefficient (Wildman–Crippen LogP) is 2.98. The van der Waals surface area contributed by atoms with Gasteiger partial charge < -0.3 is 5.73 Å². The normalized spacial score (nSPS) is 17.4. The van der Waals surface area contributed by atoms with Gasteiger partial charge in [-0.2, -0.15) is 0 Å². The average molecular weight is 347 g/mol. The lowest BCUT2D eigenvalue weighted by Crippen LogP contribution is -2.34. The van der Waals surface area contributed by atoms with Crippen molar-refractivity contribution in [3.63, 3.8) is 0 Å². The van der Waals surface area contributed by atoms with E-state index in [0.29, 0.717) is 5.56 Å². The van der Waals surface area contributed by atoms with Crippen LogP contribution < -0.4 is 10.5 Å². The Bertz CT molecular complexity index is 624. The molecule has 21 heavy (non-hydrogen) atoms. The van der Waals surface area contributed by atoms with E-state index in [4.69, 9.17) is 29.6 Å². The number of thiocarbonyl (C=S) groups is 1. The number of rotatable bonds is 4. The van der Waals surface area contributed by atoms with Gasteiger partial charge in [0.15, 0.2) is 0 Å². The molecule has 0 bridgehead atoms. The van der Waals surface area contributed by atoms with Crippen LogP contribution >= 0.6 is 23.8 Å². The molecule has 7 heteroatoms. The summed E-state index contributed by atoms with van der Waals surface area (Å²) in [6.07, 6.45) is 6.25. The Labute approximate surface area is 136 Å². The van der Waals surface area contributed by atoms with Crippen molar-refractivity contribution in [3.8, 4) is 0 Å². The van der Waals surface area contributed by atoms with Crippen molar-refractivity contribution >= 4 is 38.8 Å². The minimum atomic E-state index is -3.56.